The Morgan fingerprint density at radius 2 is 1.85 bits per heavy atom. The fourth-order valence-electron chi connectivity index (χ4n) is 6.19. The molecule has 0 N–H and O–H groups in total. The van der Waals surface area contributed by atoms with Crippen LogP contribution in [0, 0.1) is 5.82 Å². The van der Waals surface area contributed by atoms with Crippen LogP contribution in [0.2, 0.25) is 0 Å². The summed E-state index contributed by atoms with van der Waals surface area (Å²) < 4.78 is 20.4. The first-order chi connectivity index (χ1) is 20.1. The SMILES string of the molecule is O=C([C@H]1CC2=C(Cc3cccc(F)c32)CN1C(=O)c1ncsc1CCc1ccc2nccnc2c1)N1CCOCC1. The van der Waals surface area contributed by atoms with Crippen LogP contribution in [0.15, 0.2) is 59.9 Å². The number of hydrogen-bond donors (Lipinski definition) is 0. The number of fused-ring (bicyclic) bond motifs is 3. The molecule has 1 saturated heterocycles. The number of hydrogen-bond acceptors (Lipinski definition) is 7. The lowest BCUT2D eigenvalue weighted by molar-refractivity contribution is -0.140. The van der Waals surface area contributed by atoms with Gasteiger partial charge < -0.3 is 14.5 Å². The van der Waals surface area contributed by atoms with Crippen molar-refractivity contribution in [1.82, 2.24) is 24.8 Å². The van der Waals surface area contributed by atoms with Crippen LogP contribution in [0.4, 0.5) is 4.39 Å². The van der Waals surface area contributed by atoms with E-state index < -0.39 is 6.04 Å². The zero-order valence-corrected chi connectivity index (χ0v) is 23.2. The van der Waals surface area contributed by atoms with Crippen molar-refractivity contribution in [3.63, 3.8) is 0 Å². The average molecular weight is 570 g/mol. The molecule has 0 saturated carbocycles. The third kappa shape index (κ3) is 4.81. The van der Waals surface area contributed by atoms with E-state index in [0.717, 1.165) is 44.6 Å². The number of halogens is 1. The predicted octanol–water partition coefficient (Wildman–Crippen LogP) is 4.09. The maximum absolute atomic E-state index is 14.9. The van der Waals surface area contributed by atoms with Gasteiger partial charge in [0.15, 0.2) is 0 Å². The van der Waals surface area contributed by atoms with Crippen molar-refractivity contribution in [1.29, 1.82) is 0 Å². The summed E-state index contributed by atoms with van der Waals surface area (Å²) in [6.45, 7) is 2.17. The molecule has 0 bridgehead atoms. The monoisotopic (exact) mass is 569 g/mol. The van der Waals surface area contributed by atoms with Crippen molar-refractivity contribution in [2.75, 3.05) is 32.8 Å². The second-order valence-electron chi connectivity index (χ2n) is 10.6. The number of amides is 2. The number of benzene rings is 2. The van der Waals surface area contributed by atoms with E-state index in [2.05, 4.69) is 15.0 Å². The molecular weight excluding hydrogens is 541 g/mol. The van der Waals surface area contributed by atoms with Gasteiger partial charge in [0.2, 0.25) is 5.91 Å². The van der Waals surface area contributed by atoms with Crippen molar-refractivity contribution < 1.29 is 18.7 Å². The summed E-state index contributed by atoms with van der Waals surface area (Å²) in [4.78, 5) is 45.5. The summed E-state index contributed by atoms with van der Waals surface area (Å²) in [5, 5.41) is 0. The van der Waals surface area contributed by atoms with Crippen LogP contribution in [-0.4, -0.2) is 75.5 Å². The minimum absolute atomic E-state index is 0.118. The van der Waals surface area contributed by atoms with Crippen LogP contribution < -0.4 is 0 Å². The molecule has 2 aromatic carbocycles. The first kappa shape index (κ1) is 25.9. The summed E-state index contributed by atoms with van der Waals surface area (Å²) in [5.41, 5.74) is 8.24. The van der Waals surface area contributed by atoms with Gasteiger partial charge in [0.1, 0.15) is 17.6 Å². The summed E-state index contributed by atoms with van der Waals surface area (Å²) in [7, 11) is 0. The van der Waals surface area contributed by atoms with E-state index in [1.165, 1.54) is 17.4 Å². The fraction of sp³-hybridized carbons (Fsp3) is 0.323. The smallest absolute Gasteiger partial charge is 0.274 e. The molecule has 0 unspecified atom stereocenters. The summed E-state index contributed by atoms with van der Waals surface area (Å²) in [6, 6.07) is 10.4. The van der Waals surface area contributed by atoms with Gasteiger partial charge in [0.05, 0.1) is 29.8 Å². The lowest BCUT2D eigenvalue weighted by Crippen LogP contribution is -2.55. The van der Waals surface area contributed by atoms with Gasteiger partial charge in [-0.05, 0) is 59.7 Å². The molecule has 4 heterocycles. The summed E-state index contributed by atoms with van der Waals surface area (Å²) in [6.07, 6.45) is 5.58. The summed E-state index contributed by atoms with van der Waals surface area (Å²) >= 11 is 1.45. The lowest BCUT2D eigenvalue weighted by atomic mass is 9.91. The molecule has 3 aliphatic rings. The second kappa shape index (κ2) is 10.8. The minimum Gasteiger partial charge on any atom is -0.378 e. The number of ether oxygens (including phenoxy) is 1. The zero-order chi connectivity index (χ0) is 27.9. The van der Waals surface area contributed by atoms with Gasteiger partial charge >= 0.3 is 0 Å². The maximum Gasteiger partial charge on any atom is 0.274 e. The highest BCUT2D eigenvalue weighted by Crippen LogP contribution is 2.42. The third-order valence-corrected chi connectivity index (χ3v) is 9.15. The molecule has 41 heavy (non-hydrogen) atoms. The quantitative estimate of drug-likeness (QED) is 0.360. The Morgan fingerprint density at radius 3 is 2.71 bits per heavy atom. The molecule has 4 aromatic rings. The predicted molar refractivity (Wildman–Crippen MR) is 153 cm³/mol. The summed E-state index contributed by atoms with van der Waals surface area (Å²) in [5.74, 6) is -0.640. The second-order valence-corrected chi connectivity index (χ2v) is 11.6. The van der Waals surface area contributed by atoms with E-state index in [-0.39, 0.29) is 24.2 Å². The van der Waals surface area contributed by atoms with Gasteiger partial charge in [-0.25, -0.2) is 9.37 Å². The van der Waals surface area contributed by atoms with Crippen molar-refractivity contribution in [2.45, 2.75) is 31.7 Å². The number of rotatable bonds is 5. The Bertz CT molecular complexity index is 1700. The van der Waals surface area contributed by atoms with Gasteiger partial charge in [-0.3, -0.25) is 19.6 Å². The topological polar surface area (TPSA) is 88.5 Å². The first-order valence-electron chi connectivity index (χ1n) is 13.8. The van der Waals surface area contributed by atoms with Crippen molar-refractivity contribution in [2.24, 2.45) is 0 Å². The maximum atomic E-state index is 14.9. The number of aryl methyl sites for hydroxylation is 2. The molecular formula is C31H28FN5O3S. The third-order valence-electron chi connectivity index (χ3n) is 8.25. The zero-order valence-electron chi connectivity index (χ0n) is 22.4. The largest absolute Gasteiger partial charge is 0.378 e. The highest BCUT2D eigenvalue weighted by molar-refractivity contribution is 7.09. The van der Waals surface area contributed by atoms with Crippen molar-refractivity contribution in [3.05, 3.63) is 93.0 Å². The molecule has 1 atom stereocenters. The number of carbonyl (C=O) groups excluding carboxylic acids is 2. The molecule has 0 radical (unpaired) electrons. The molecule has 2 aromatic heterocycles. The minimum atomic E-state index is -0.724. The number of thiazole rings is 1. The van der Waals surface area contributed by atoms with E-state index >= 15 is 0 Å². The number of carbonyl (C=O) groups is 2. The van der Waals surface area contributed by atoms with E-state index in [4.69, 9.17) is 4.74 Å². The van der Waals surface area contributed by atoms with Gasteiger partial charge in [0, 0.05) is 48.9 Å². The molecule has 2 aliphatic heterocycles. The average Bonchev–Trinajstić information content (AvgIpc) is 3.64. The molecule has 7 rings (SSSR count). The molecule has 0 spiro atoms. The molecule has 10 heteroatoms. The number of nitrogens with zero attached hydrogens (tertiary/aromatic N) is 5. The number of morpholine rings is 1. The van der Waals surface area contributed by atoms with Crippen LogP contribution in [0.5, 0.6) is 0 Å². The lowest BCUT2D eigenvalue weighted by Gasteiger charge is -2.39. The van der Waals surface area contributed by atoms with Gasteiger partial charge in [-0.1, -0.05) is 18.2 Å². The Morgan fingerprint density at radius 1 is 1.02 bits per heavy atom. The Hall–Kier alpha value is -4.02. The van der Waals surface area contributed by atoms with E-state index in [1.54, 1.807) is 33.8 Å². The van der Waals surface area contributed by atoms with E-state index in [9.17, 15) is 14.0 Å². The fourth-order valence-corrected chi connectivity index (χ4v) is 6.95. The standard InChI is InChI=1S/C31H28FN5O3S/c32-23-3-1-2-20-15-21-17-37(26(16-22(21)28(20)23)30(38)36-10-12-40-13-11-36)31(39)29-27(41-18-35-29)7-5-19-4-6-24-25(14-19)34-9-8-33-24/h1-4,6,8-9,14,18,26H,5,7,10-13,15-17H2/t26-/m1/s1. The molecule has 208 valence electrons. The first-order valence-corrected chi connectivity index (χ1v) is 14.7. The van der Waals surface area contributed by atoms with Gasteiger partial charge in [0.25, 0.3) is 5.91 Å². The number of aromatic nitrogens is 3. The van der Waals surface area contributed by atoms with Gasteiger partial charge in [-0.2, -0.15) is 0 Å². The van der Waals surface area contributed by atoms with Crippen LogP contribution in [0.1, 0.15) is 38.5 Å². The Kier molecular flexibility index (Phi) is 6.80. The van der Waals surface area contributed by atoms with Crippen molar-refractivity contribution in [3.8, 4) is 0 Å². The molecule has 1 aliphatic carbocycles. The molecule has 1 fully saturated rings. The van der Waals surface area contributed by atoms with Gasteiger partial charge in [-0.15, -0.1) is 11.3 Å². The Balaban J connectivity index is 1.17. The van der Waals surface area contributed by atoms with Crippen LogP contribution in [0.25, 0.3) is 16.6 Å². The van der Waals surface area contributed by atoms with Crippen LogP contribution >= 0.6 is 11.3 Å². The van der Waals surface area contributed by atoms with Crippen LogP contribution in [-0.2, 0) is 28.8 Å². The highest BCUT2D eigenvalue weighted by Gasteiger charge is 2.42. The van der Waals surface area contributed by atoms with Crippen molar-refractivity contribution >= 4 is 39.8 Å². The molecule has 2 amide bonds. The van der Waals surface area contributed by atoms with E-state index in [0.29, 0.717) is 56.8 Å². The highest BCUT2D eigenvalue weighted by atomic mass is 32.1. The van der Waals surface area contributed by atoms with E-state index in [1.807, 2.05) is 24.3 Å². The Labute approximate surface area is 240 Å². The molecule has 8 nitrogen and oxygen atoms in total. The normalized spacial score (nSPS) is 18.5. The van der Waals surface area contributed by atoms with Crippen LogP contribution in [0.3, 0.4) is 0 Å².